The molecule has 176 valence electrons. The smallest absolute Gasteiger partial charge is 0.426 e. The average Bonchev–Trinajstić information content (AvgIpc) is 3.31. The van der Waals surface area contributed by atoms with Gasteiger partial charge in [-0.1, -0.05) is 48.5 Å². The number of tetrazole rings is 1. The van der Waals surface area contributed by atoms with Crippen LogP contribution in [0.15, 0.2) is 66.7 Å². The number of hydrazine groups is 1. The van der Waals surface area contributed by atoms with E-state index in [1.807, 2.05) is 30.3 Å². The van der Waals surface area contributed by atoms with Crippen molar-refractivity contribution in [3.8, 4) is 11.4 Å². The Kier molecular flexibility index (Phi) is 8.76. The summed E-state index contributed by atoms with van der Waals surface area (Å²) >= 11 is 0. The molecule has 1 aromatic heterocycles. The number of nitro groups is 1. The average molecular weight is 467 g/mol. The van der Waals surface area contributed by atoms with E-state index < -0.39 is 16.9 Å². The molecule has 0 fully saturated rings. The maximum atomic E-state index is 11.9. The minimum atomic E-state index is -0.855. The molecule has 2 amide bonds. The number of rotatable bonds is 10. The van der Waals surface area contributed by atoms with Crippen LogP contribution in [-0.2, 0) is 27.4 Å². The number of carbonyl (C=O) groups is 2. The third-order valence-corrected chi connectivity index (χ3v) is 4.16. The standard InChI is InChI=1S/C21H21N7O6/c29-19(14-27-25-20(23-26-27)17-9-6-10-18(13-17)28(31)32)22-24-21(30)34-12-5-4-11-33-15-16-7-2-1-3-8-16/h1-10,13H,11-12,14-15H2,(H,22,29)(H,24,30)/b5-4+. The van der Waals surface area contributed by atoms with Gasteiger partial charge in [-0.2, -0.15) is 4.80 Å². The van der Waals surface area contributed by atoms with Crippen molar-refractivity contribution in [2.75, 3.05) is 13.2 Å². The van der Waals surface area contributed by atoms with Crippen LogP contribution in [0, 0.1) is 10.1 Å². The molecule has 0 atom stereocenters. The predicted molar refractivity (Wildman–Crippen MR) is 118 cm³/mol. The molecule has 1 heterocycles. The topological polar surface area (TPSA) is 163 Å². The van der Waals surface area contributed by atoms with Crippen molar-refractivity contribution in [1.82, 2.24) is 31.1 Å². The van der Waals surface area contributed by atoms with Gasteiger partial charge in [-0.25, -0.2) is 10.2 Å². The second-order valence-electron chi connectivity index (χ2n) is 6.69. The van der Waals surface area contributed by atoms with Gasteiger partial charge < -0.3 is 9.47 Å². The summed E-state index contributed by atoms with van der Waals surface area (Å²) in [5.74, 6) is -0.520. The highest BCUT2D eigenvalue weighted by Gasteiger charge is 2.13. The van der Waals surface area contributed by atoms with Crippen molar-refractivity contribution < 1.29 is 24.0 Å². The van der Waals surface area contributed by atoms with E-state index in [4.69, 9.17) is 9.47 Å². The Morgan fingerprint density at radius 1 is 1.06 bits per heavy atom. The summed E-state index contributed by atoms with van der Waals surface area (Å²) in [5, 5.41) is 22.4. The largest absolute Gasteiger partial charge is 0.444 e. The Labute approximate surface area is 193 Å². The van der Waals surface area contributed by atoms with Gasteiger partial charge >= 0.3 is 6.09 Å². The van der Waals surface area contributed by atoms with Gasteiger partial charge in [-0.05, 0) is 16.9 Å². The molecule has 2 aromatic carbocycles. The molecule has 13 nitrogen and oxygen atoms in total. The van der Waals surface area contributed by atoms with E-state index in [1.165, 1.54) is 18.2 Å². The quantitative estimate of drug-likeness (QED) is 0.196. The second kappa shape index (κ2) is 12.4. The fourth-order valence-electron chi connectivity index (χ4n) is 2.59. The van der Waals surface area contributed by atoms with Gasteiger partial charge in [0.15, 0.2) is 0 Å². The molecular weight excluding hydrogens is 446 g/mol. The lowest BCUT2D eigenvalue weighted by atomic mass is 10.2. The Morgan fingerprint density at radius 3 is 2.65 bits per heavy atom. The summed E-state index contributed by atoms with van der Waals surface area (Å²) in [6.07, 6.45) is 2.47. The zero-order valence-corrected chi connectivity index (χ0v) is 17.9. The van der Waals surface area contributed by atoms with Gasteiger partial charge in [0.2, 0.25) is 5.82 Å². The summed E-state index contributed by atoms with van der Waals surface area (Å²) < 4.78 is 10.3. The summed E-state index contributed by atoms with van der Waals surface area (Å²) in [4.78, 5) is 34.9. The van der Waals surface area contributed by atoms with Crippen LogP contribution in [0.2, 0.25) is 0 Å². The Bertz CT molecular complexity index is 1150. The minimum absolute atomic E-state index is 0.00634. The summed E-state index contributed by atoms with van der Waals surface area (Å²) in [6, 6.07) is 15.4. The molecule has 13 heteroatoms. The molecule has 3 aromatic rings. The number of nitrogens with one attached hydrogen (secondary N) is 2. The van der Waals surface area contributed by atoms with Crippen molar-refractivity contribution in [2.45, 2.75) is 13.2 Å². The number of non-ortho nitro benzene ring substituents is 1. The van der Waals surface area contributed by atoms with E-state index >= 15 is 0 Å². The van der Waals surface area contributed by atoms with Gasteiger partial charge in [0, 0.05) is 17.7 Å². The molecule has 0 aliphatic carbocycles. The molecule has 0 spiro atoms. The second-order valence-corrected chi connectivity index (χ2v) is 6.69. The molecule has 0 radical (unpaired) electrons. The van der Waals surface area contributed by atoms with Crippen LogP contribution in [0.1, 0.15) is 5.56 Å². The highest BCUT2D eigenvalue weighted by Crippen LogP contribution is 2.19. The van der Waals surface area contributed by atoms with Crippen LogP contribution in [0.25, 0.3) is 11.4 Å². The first-order chi connectivity index (χ1) is 16.5. The number of carbonyl (C=O) groups excluding carboxylic acids is 2. The lowest BCUT2D eigenvalue weighted by molar-refractivity contribution is -0.384. The molecule has 3 rings (SSSR count). The lowest BCUT2D eigenvalue weighted by Crippen LogP contribution is -2.43. The van der Waals surface area contributed by atoms with E-state index in [0.717, 1.165) is 10.4 Å². The van der Waals surface area contributed by atoms with Crippen LogP contribution in [0.5, 0.6) is 0 Å². The van der Waals surface area contributed by atoms with Gasteiger partial charge in [0.05, 0.1) is 18.1 Å². The van der Waals surface area contributed by atoms with Crippen LogP contribution in [-0.4, -0.2) is 50.3 Å². The molecular formula is C21H21N7O6. The Balaban J connectivity index is 1.32. The zero-order chi connectivity index (χ0) is 24.2. The van der Waals surface area contributed by atoms with Crippen LogP contribution >= 0.6 is 0 Å². The first-order valence-electron chi connectivity index (χ1n) is 10.0. The summed E-state index contributed by atoms with van der Waals surface area (Å²) in [7, 11) is 0. The molecule has 0 unspecified atom stereocenters. The van der Waals surface area contributed by atoms with Crippen LogP contribution in [0.4, 0.5) is 10.5 Å². The first kappa shape index (κ1) is 24.0. The number of amides is 2. The highest BCUT2D eigenvalue weighted by atomic mass is 16.6. The van der Waals surface area contributed by atoms with E-state index in [1.54, 1.807) is 18.2 Å². The van der Waals surface area contributed by atoms with Crippen molar-refractivity contribution in [1.29, 1.82) is 0 Å². The lowest BCUT2D eigenvalue weighted by Gasteiger charge is -2.06. The number of ether oxygens (including phenoxy) is 2. The fourth-order valence-corrected chi connectivity index (χ4v) is 2.59. The number of benzene rings is 2. The fraction of sp³-hybridized carbons (Fsp3) is 0.190. The van der Waals surface area contributed by atoms with Gasteiger partial charge in [0.1, 0.15) is 13.2 Å². The monoisotopic (exact) mass is 467 g/mol. The minimum Gasteiger partial charge on any atom is -0.444 e. The van der Waals surface area contributed by atoms with Gasteiger partial charge in [-0.15, -0.1) is 10.2 Å². The Morgan fingerprint density at radius 2 is 1.85 bits per heavy atom. The van der Waals surface area contributed by atoms with Crippen molar-refractivity contribution in [3.63, 3.8) is 0 Å². The number of aromatic nitrogens is 4. The normalized spacial score (nSPS) is 10.7. The number of nitrogens with zero attached hydrogens (tertiary/aromatic N) is 5. The van der Waals surface area contributed by atoms with E-state index in [0.29, 0.717) is 18.8 Å². The van der Waals surface area contributed by atoms with Crippen molar-refractivity contribution in [2.24, 2.45) is 0 Å². The molecule has 2 N–H and O–H groups in total. The predicted octanol–water partition coefficient (Wildman–Crippen LogP) is 1.78. The van der Waals surface area contributed by atoms with Crippen molar-refractivity contribution in [3.05, 3.63) is 82.4 Å². The third kappa shape index (κ3) is 7.80. The van der Waals surface area contributed by atoms with Crippen molar-refractivity contribution >= 4 is 17.7 Å². The first-order valence-corrected chi connectivity index (χ1v) is 10.0. The number of hydrogen-bond donors (Lipinski definition) is 2. The highest BCUT2D eigenvalue weighted by molar-refractivity contribution is 5.78. The van der Waals surface area contributed by atoms with E-state index in [-0.39, 0.29) is 24.7 Å². The van der Waals surface area contributed by atoms with Gasteiger partial charge in [0.25, 0.3) is 11.6 Å². The van der Waals surface area contributed by atoms with Gasteiger partial charge in [-0.3, -0.25) is 20.3 Å². The maximum absolute atomic E-state index is 11.9. The Hall–Kier alpha value is -4.65. The molecule has 0 bridgehead atoms. The number of nitro benzene ring substituents is 1. The third-order valence-electron chi connectivity index (χ3n) is 4.16. The van der Waals surface area contributed by atoms with E-state index in [2.05, 4.69) is 26.3 Å². The number of hydrogen-bond acceptors (Lipinski definition) is 9. The molecule has 0 aliphatic heterocycles. The molecule has 34 heavy (non-hydrogen) atoms. The maximum Gasteiger partial charge on any atom is 0.426 e. The summed E-state index contributed by atoms with van der Waals surface area (Å²) in [6.45, 7) is 0.486. The molecule has 0 aliphatic rings. The van der Waals surface area contributed by atoms with Crippen LogP contribution < -0.4 is 10.9 Å². The van der Waals surface area contributed by atoms with Crippen LogP contribution in [0.3, 0.4) is 0 Å². The molecule has 0 saturated heterocycles. The molecule has 0 saturated carbocycles. The zero-order valence-electron chi connectivity index (χ0n) is 17.9. The SMILES string of the molecule is O=C(Cn1nnc(-c2cccc([N+](=O)[O-])c2)n1)NNC(=O)OC/C=C/COCc1ccccc1. The summed E-state index contributed by atoms with van der Waals surface area (Å²) in [5.41, 5.74) is 5.56. The van der Waals surface area contributed by atoms with E-state index in [9.17, 15) is 19.7 Å².